The van der Waals surface area contributed by atoms with Crippen molar-refractivity contribution in [1.29, 1.82) is 0 Å². The SMILES string of the molecule is COCCOCC(=O)Nc1ccc(F)c(/C(N)=N/O)c1. The predicted molar refractivity (Wildman–Crippen MR) is 70.2 cm³/mol. The summed E-state index contributed by atoms with van der Waals surface area (Å²) in [4.78, 5) is 11.5. The van der Waals surface area contributed by atoms with Gasteiger partial charge >= 0.3 is 0 Å². The third kappa shape index (κ3) is 4.82. The fourth-order valence-electron chi connectivity index (χ4n) is 1.36. The Bertz CT molecular complexity index is 494. The van der Waals surface area contributed by atoms with Crippen molar-refractivity contribution in [1.82, 2.24) is 0 Å². The molecule has 0 aliphatic rings. The van der Waals surface area contributed by atoms with Crippen LogP contribution in [0.5, 0.6) is 0 Å². The third-order valence-corrected chi connectivity index (χ3v) is 2.30. The minimum atomic E-state index is -0.658. The van der Waals surface area contributed by atoms with Gasteiger partial charge in [0.25, 0.3) is 0 Å². The average molecular weight is 285 g/mol. The number of nitrogens with two attached hydrogens (primary N) is 1. The zero-order valence-electron chi connectivity index (χ0n) is 10.9. The van der Waals surface area contributed by atoms with Gasteiger partial charge in [-0.1, -0.05) is 5.16 Å². The summed E-state index contributed by atoms with van der Waals surface area (Å²) in [6.07, 6.45) is 0. The molecule has 0 heterocycles. The van der Waals surface area contributed by atoms with E-state index < -0.39 is 11.7 Å². The first-order valence-electron chi connectivity index (χ1n) is 5.72. The maximum atomic E-state index is 13.4. The number of hydrogen-bond donors (Lipinski definition) is 3. The number of nitrogens with one attached hydrogen (secondary N) is 1. The van der Waals surface area contributed by atoms with E-state index in [2.05, 4.69) is 10.5 Å². The second-order valence-electron chi connectivity index (χ2n) is 3.77. The molecule has 0 saturated carbocycles. The van der Waals surface area contributed by atoms with Crippen LogP contribution in [0.1, 0.15) is 5.56 Å². The highest BCUT2D eigenvalue weighted by atomic mass is 19.1. The molecule has 1 rings (SSSR count). The van der Waals surface area contributed by atoms with Crippen LogP contribution in [0.15, 0.2) is 23.4 Å². The molecule has 0 aliphatic carbocycles. The monoisotopic (exact) mass is 285 g/mol. The lowest BCUT2D eigenvalue weighted by molar-refractivity contribution is -0.121. The fraction of sp³-hybridized carbons (Fsp3) is 0.333. The van der Waals surface area contributed by atoms with E-state index in [1.54, 1.807) is 0 Å². The molecule has 0 spiro atoms. The summed E-state index contributed by atoms with van der Waals surface area (Å²) in [5.41, 5.74) is 5.52. The van der Waals surface area contributed by atoms with Crippen LogP contribution < -0.4 is 11.1 Å². The molecule has 0 unspecified atom stereocenters. The first-order chi connectivity index (χ1) is 9.58. The zero-order chi connectivity index (χ0) is 15.0. The summed E-state index contributed by atoms with van der Waals surface area (Å²) in [6, 6.07) is 3.72. The molecule has 20 heavy (non-hydrogen) atoms. The fourth-order valence-corrected chi connectivity index (χ4v) is 1.36. The lowest BCUT2D eigenvalue weighted by atomic mass is 10.1. The Morgan fingerprint density at radius 3 is 2.90 bits per heavy atom. The number of ether oxygens (including phenoxy) is 2. The summed E-state index contributed by atoms with van der Waals surface area (Å²) < 4.78 is 23.2. The van der Waals surface area contributed by atoms with Crippen LogP contribution in [-0.2, 0) is 14.3 Å². The Labute approximate surface area is 115 Å². The number of amides is 1. The van der Waals surface area contributed by atoms with Crippen LogP contribution in [-0.4, -0.2) is 43.9 Å². The lowest BCUT2D eigenvalue weighted by Crippen LogP contribution is -2.20. The van der Waals surface area contributed by atoms with Gasteiger partial charge in [0.15, 0.2) is 5.84 Å². The number of oxime groups is 1. The quantitative estimate of drug-likeness (QED) is 0.223. The first-order valence-corrected chi connectivity index (χ1v) is 5.72. The van der Waals surface area contributed by atoms with Gasteiger partial charge in [0.2, 0.25) is 5.91 Å². The number of methoxy groups -OCH3 is 1. The second-order valence-corrected chi connectivity index (χ2v) is 3.77. The van der Waals surface area contributed by atoms with Crippen LogP contribution in [0.4, 0.5) is 10.1 Å². The minimum absolute atomic E-state index is 0.106. The minimum Gasteiger partial charge on any atom is -0.409 e. The molecule has 0 aliphatic heterocycles. The molecule has 1 aromatic carbocycles. The smallest absolute Gasteiger partial charge is 0.250 e. The normalized spacial score (nSPS) is 11.4. The molecular weight excluding hydrogens is 269 g/mol. The highest BCUT2D eigenvalue weighted by Crippen LogP contribution is 2.14. The van der Waals surface area contributed by atoms with Gasteiger partial charge < -0.3 is 25.7 Å². The van der Waals surface area contributed by atoms with E-state index in [0.29, 0.717) is 18.9 Å². The maximum Gasteiger partial charge on any atom is 0.250 e. The van der Waals surface area contributed by atoms with Crippen molar-refractivity contribution < 1.29 is 23.9 Å². The highest BCUT2D eigenvalue weighted by molar-refractivity contribution is 5.99. The number of benzene rings is 1. The molecule has 110 valence electrons. The van der Waals surface area contributed by atoms with Crippen molar-refractivity contribution in [3.63, 3.8) is 0 Å². The highest BCUT2D eigenvalue weighted by Gasteiger charge is 2.10. The van der Waals surface area contributed by atoms with Gasteiger partial charge in [-0.2, -0.15) is 0 Å². The molecule has 0 saturated heterocycles. The predicted octanol–water partition coefficient (Wildman–Crippen LogP) is 0.522. The number of carbonyl (C=O) groups excluding carboxylic acids is 1. The van der Waals surface area contributed by atoms with Crippen LogP contribution in [0.3, 0.4) is 0 Å². The van der Waals surface area contributed by atoms with Gasteiger partial charge in [-0.3, -0.25) is 4.79 Å². The number of halogens is 1. The molecule has 4 N–H and O–H groups in total. The summed E-state index contributed by atoms with van der Waals surface area (Å²) in [5, 5.41) is 13.7. The Balaban J connectivity index is 2.62. The molecule has 0 bridgehead atoms. The number of rotatable bonds is 7. The summed E-state index contributed by atoms with van der Waals surface area (Å²) in [5.74, 6) is -1.44. The first kappa shape index (κ1) is 15.9. The van der Waals surface area contributed by atoms with Gasteiger partial charge in [0.1, 0.15) is 12.4 Å². The Morgan fingerprint density at radius 2 is 2.25 bits per heavy atom. The zero-order valence-corrected chi connectivity index (χ0v) is 10.9. The molecule has 0 radical (unpaired) electrons. The second kappa shape index (κ2) is 8.08. The maximum absolute atomic E-state index is 13.4. The van der Waals surface area contributed by atoms with Gasteiger partial charge in [-0.15, -0.1) is 0 Å². The standard InChI is InChI=1S/C12H16FN3O4/c1-19-4-5-20-7-11(17)15-8-2-3-10(13)9(6-8)12(14)16-18/h2-3,6,18H,4-5,7H2,1H3,(H2,14,16)(H,15,17). The molecule has 1 amide bonds. The van der Waals surface area contributed by atoms with Crippen molar-refractivity contribution in [2.24, 2.45) is 10.9 Å². The Morgan fingerprint density at radius 1 is 1.50 bits per heavy atom. The lowest BCUT2D eigenvalue weighted by Gasteiger charge is -2.08. The van der Waals surface area contributed by atoms with Crippen LogP contribution in [0.25, 0.3) is 0 Å². The van der Waals surface area contributed by atoms with E-state index >= 15 is 0 Å². The largest absolute Gasteiger partial charge is 0.409 e. The van der Waals surface area contributed by atoms with Crippen LogP contribution in [0.2, 0.25) is 0 Å². The molecule has 0 fully saturated rings. The summed E-state index contributed by atoms with van der Waals surface area (Å²) in [7, 11) is 1.52. The van der Waals surface area contributed by atoms with Crippen LogP contribution in [0, 0.1) is 5.82 Å². The molecule has 7 nitrogen and oxygen atoms in total. The molecule has 0 atom stereocenters. The van der Waals surface area contributed by atoms with Gasteiger partial charge in [0.05, 0.1) is 18.8 Å². The van der Waals surface area contributed by atoms with E-state index in [0.717, 1.165) is 6.07 Å². The van der Waals surface area contributed by atoms with Crippen molar-refractivity contribution in [3.8, 4) is 0 Å². The van der Waals surface area contributed by atoms with E-state index in [1.807, 2.05) is 0 Å². The Kier molecular flexibility index (Phi) is 6.41. The van der Waals surface area contributed by atoms with Crippen molar-refractivity contribution >= 4 is 17.4 Å². The molecule has 1 aromatic rings. The Hall–Kier alpha value is -2.19. The van der Waals surface area contributed by atoms with E-state index in [-0.39, 0.29) is 18.0 Å². The van der Waals surface area contributed by atoms with Gasteiger partial charge in [-0.25, -0.2) is 4.39 Å². The number of anilines is 1. The van der Waals surface area contributed by atoms with Crippen molar-refractivity contribution in [3.05, 3.63) is 29.6 Å². The van der Waals surface area contributed by atoms with E-state index in [1.165, 1.54) is 19.2 Å². The van der Waals surface area contributed by atoms with Gasteiger partial charge in [0, 0.05) is 12.8 Å². The summed E-state index contributed by atoms with van der Waals surface area (Å²) in [6.45, 7) is 0.528. The average Bonchev–Trinajstić information content (AvgIpc) is 2.45. The molecule has 8 heteroatoms. The van der Waals surface area contributed by atoms with Crippen molar-refractivity contribution in [2.45, 2.75) is 0 Å². The summed E-state index contributed by atoms with van der Waals surface area (Å²) >= 11 is 0. The van der Waals surface area contributed by atoms with E-state index in [9.17, 15) is 9.18 Å². The number of nitrogens with zero attached hydrogens (tertiary/aromatic N) is 1. The number of amidine groups is 1. The number of hydrogen-bond acceptors (Lipinski definition) is 5. The van der Waals surface area contributed by atoms with Gasteiger partial charge in [-0.05, 0) is 18.2 Å². The van der Waals surface area contributed by atoms with Crippen LogP contribution >= 0.6 is 0 Å². The topological polar surface area (TPSA) is 106 Å². The molecular formula is C12H16FN3O4. The van der Waals surface area contributed by atoms with Crippen molar-refractivity contribution in [2.75, 3.05) is 32.2 Å². The van der Waals surface area contributed by atoms with E-state index in [4.69, 9.17) is 20.4 Å². The molecule has 0 aromatic heterocycles. The number of carbonyl (C=O) groups is 1. The third-order valence-electron chi connectivity index (χ3n) is 2.30.